The van der Waals surface area contributed by atoms with Gasteiger partial charge < -0.3 is 38.6 Å². The van der Waals surface area contributed by atoms with Crippen molar-refractivity contribution in [3.05, 3.63) is 86.0 Å². The van der Waals surface area contributed by atoms with Crippen molar-refractivity contribution in [3.8, 4) is 0 Å². The minimum Gasteiger partial charge on any atom is -0.481 e. The third-order valence-electron chi connectivity index (χ3n) is 5.46. The molecule has 0 spiro atoms. The summed E-state index contributed by atoms with van der Waals surface area (Å²) >= 11 is 0. The van der Waals surface area contributed by atoms with E-state index in [1.54, 1.807) is 0 Å². The van der Waals surface area contributed by atoms with Crippen LogP contribution in [0, 0.1) is 5.41 Å². The third kappa shape index (κ3) is 17.4. The van der Waals surface area contributed by atoms with Gasteiger partial charge in [-0.3, -0.25) is 9.59 Å². The van der Waals surface area contributed by atoms with Crippen LogP contribution < -0.4 is 0 Å². The van der Waals surface area contributed by atoms with Crippen molar-refractivity contribution in [1.82, 2.24) is 0 Å². The molecule has 0 fully saturated rings. The molecule has 16 heteroatoms. The highest BCUT2D eigenvalue weighted by atomic mass is 16.6. The summed E-state index contributed by atoms with van der Waals surface area (Å²) in [6.07, 6.45) is 2.09. The summed E-state index contributed by atoms with van der Waals surface area (Å²) in [6.45, 7) is 12.5. The van der Waals surface area contributed by atoms with Crippen LogP contribution >= 0.6 is 0 Å². The first kappa shape index (κ1) is 41.9. The van der Waals surface area contributed by atoms with Gasteiger partial charge in [0.1, 0.15) is 44.6 Å². The Morgan fingerprint density at radius 1 is 0.667 bits per heavy atom. The topological polar surface area (TPSA) is 232 Å². The number of carboxylic acid groups (broad SMARTS) is 2. The second-order valence-corrected chi connectivity index (χ2v) is 9.39. The average Bonchev–Trinajstić information content (AvgIpc) is 3.08. The molecule has 0 aliphatic heterocycles. The Labute approximate surface area is 275 Å². The largest absolute Gasteiger partial charge is 0.481 e. The van der Waals surface area contributed by atoms with E-state index >= 15 is 0 Å². The SMILES string of the molecule is C=CC(=O)OCC(C)OC(=O)c1ccccc1C(=O)O.C=CC(=O)OCC(COC(=O)C=C)(COC(=O)C=C)COC(=O)CCC(=O)O. The Balaban J connectivity index is 0.000000970. The number of aromatic carboxylic acids is 1. The van der Waals surface area contributed by atoms with Gasteiger partial charge in [0.15, 0.2) is 0 Å². The Hall–Kier alpha value is -6.06. The number of esters is 6. The van der Waals surface area contributed by atoms with Crippen molar-refractivity contribution in [2.75, 3.05) is 33.0 Å². The van der Waals surface area contributed by atoms with Crippen LogP contribution in [0.1, 0.15) is 40.5 Å². The fourth-order valence-electron chi connectivity index (χ4n) is 3.00. The second-order valence-electron chi connectivity index (χ2n) is 9.39. The standard InChI is InChI=1S/C18H22O10.C14H14O6/c1-4-14(21)25-9-18(10-26-15(22)5-2,11-27-16(23)6-3)12-28-17(24)8-7-13(19)20;1-3-12(15)19-8-9(2)20-14(18)11-7-5-4-6-10(11)13(16)17/h4-6H,1-3,7-12H2,(H,19,20);3-7,9H,1,8H2,2H3,(H,16,17). The lowest BCUT2D eigenvalue weighted by molar-refractivity contribution is -0.167. The van der Waals surface area contributed by atoms with Crippen LogP contribution in [0.4, 0.5) is 0 Å². The van der Waals surface area contributed by atoms with Crippen molar-refractivity contribution in [3.63, 3.8) is 0 Å². The molecule has 0 saturated carbocycles. The normalized spacial score (nSPS) is 10.6. The van der Waals surface area contributed by atoms with Gasteiger partial charge in [-0.2, -0.15) is 0 Å². The summed E-state index contributed by atoms with van der Waals surface area (Å²) in [6, 6.07) is 5.70. The fraction of sp³-hybridized carbons (Fsp3) is 0.312. The number of benzene rings is 1. The zero-order chi connectivity index (χ0) is 36.7. The summed E-state index contributed by atoms with van der Waals surface area (Å²) in [5.74, 6) is -7.12. The molecule has 48 heavy (non-hydrogen) atoms. The quantitative estimate of drug-likeness (QED) is 0.114. The van der Waals surface area contributed by atoms with E-state index in [4.69, 9.17) is 38.6 Å². The van der Waals surface area contributed by atoms with Gasteiger partial charge in [0.05, 0.1) is 24.0 Å². The van der Waals surface area contributed by atoms with Crippen LogP contribution in [0.2, 0.25) is 0 Å². The minimum atomic E-state index is -1.45. The minimum absolute atomic E-state index is 0.0538. The number of carbonyl (C=O) groups excluding carboxylic acids is 6. The van der Waals surface area contributed by atoms with Crippen molar-refractivity contribution in [2.45, 2.75) is 25.9 Å². The number of hydrogen-bond donors (Lipinski definition) is 2. The summed E-state index contributed by atoms with van der Waals surface area (Å²) in [4.78, 5) is 90.1. The zero-order valence-electron chi connectivity index (χ0n) is 26.1. The molecule has 0 saturated heterocycles. The zero-order valence-corrected chi connectivity index (χ0v) is 26.1. The highest BCUT2D eigenvalue weighted by Gasteiger charge is 2.37. The second kappa shape index (κ2) is 22.4. The van der Waals surface area contributed by atoms with Gasteiger partial charge in [-0.25, -0.2) is 28.8 Å². The molecule has 0 bridgehead atoms. The first-order valence-corrected chi connectivity index (χ1v) is 13.7. The molecule has 1 aromatic carbocycles. The number of carboxylic acids is 2. The van der Waals surface area contributed by atoms with E-state index < -0.39 is 98.5 Å². The summed E-state index contributed by atoms with van der Waals surface area (Å²) in [5, 5.41) is 17.6. The molecule has 16 nitrogen and oxygen atoms in total. The predicted octanol–water partition coefficient (Wildman–Crippen LogP) is 2.23. The number of hydrogen-bond acceptors (Lipinski definition) is 14. The molecule has 0 aliphatic rings. The van der Waals surface area contributed by atoms with E-state index in [2.05, 4.69) is 26.3 Å². The molecule has 0 radical (unpaired) electrons. The number of carbonyl (C=O) groups is 8. The maximum absolute atomic E-state index is 11.8. The fourth-order valence-corrected chi connectivity index (χ4v) is 3.00. The highest BCUT2D eigenvalue weighted by Crippen LogP contribution is 2.22. The third-order valence-corrected chi connectivity index (χ3v) is 5.46. The lowest BCUT2D eigenvalue weighted by Gasteiger charge is -2.31. The van der Waals surface area contributed by atoms with Gasteiger partial charge in [0.25, 0.3) is 0 Å². The Morgan fingerprint density at radius 2 is 1.08 bits per heavy atom. The molecule has 2 N–H and O–H groups in total. The molecule has 1 unspecified atom stereocenters. The van der Waals surface area contributed by atoms with Gasteiger partial charge in [-0.1, -0.05) is 38.4 Å². The van der Waals surface area contributed by atoms with Crippen LogP contribution in [-0.4, -0.2) is 97.1 Å². The van der Waals surface area contributed by atoms with Crippen molar-refractivity contribution in [1.29, 1.82) is 0 Å². The molecule has 0 amide bonds. The first-order chi connectivity index (χ1) is 22.6. The predicted molar refractivity (Wildman–Crippen MR) is 163 cm³/mol. The van der Waals surface area contributed by atoms with Crippen LogP contribution in [0.5, 0.6) is 0 Å². The van der Waals surface area contributed by atoms with E-state index in [9.17, 15) is 38.4 Å². The van der Waals surface area contributed by atoms with Crippen LogP contribution in [-0.2, 0) is 57.2 Å². The van der Waals surface area contributed by atoms with Crippen LogP contribution in [0.25, 0.3) is 0 Å². The van der Waals surface area contributed by atoms with Crippen molar-refractivity contribution < 1.29 is 77.0 Å². The number of aliphatic carboxylic acids is 1. The highest BCUT2D eigenvalue weighted by molar-refractivity contribution is 6.02. The number of ether oxygens (including phenoxy) is 6. The maximum Gasteiger partial charge on any atom is 0.339 e. The van der Waals surface area contributed by atoms with Gasteiger partial charge in [-0.15, -0.1) is 0 Å². The average molecular weight is 677 g/mol. The summed E-state index contributed by atoms with van der Waals surface area (Å²) in [7, 11) is 0. The van der Waals surface area contributed by atoms with E-state index in [0.717, 1.165) is 24.3 Å². The Morgan fingerprint density at radius 3 is 1.50 bits per heavy atom. The van der Waals surface area contributed by atoms with Gasteiger partial charge >= 0.3 is 47.8 Å². The molecular weight excluding hydrogens is 640 g/mol. The Kier molecular flexibility index (Phi) is 19.6. The summed E-state index contributed by atoms with van der Waals surface area (Å²) < 4.78 is 29.6. The molecule has 0 heterocycles. The first-order valence-electron chi connectivity index (χ1n) is 13.7. The lowest BCUT2D eigenvalue weighted by Crippen LogP contribution is -2.43. The van der Waals surface area contributed by atoms with Gasteiger partial charge in [-0.05, 0) is 19.1 Å². The van der Waals surface area contributed by atoms with Crippen LogP contribution in [0.15, 0.2) is 74.9 Å². The van der Waals surface area contributed by atoms with Gasteiger partial charge in [0.2, 0.25) is 0 Å². The molecule has 1 rings (SSSR count). The number of rotatable bonds is 20. The van der Waals surface area contributed by atoms with Crippen molar-refractivity contribution in [2.24, 2.45) is 5.41 Å². The monoisotopic (exact) mass is 676 g/mol. The van der Waals surface area contributed by atoms with E-state index in [1.807, 2.05) is 0 Å². The molecule has 0 aromatic heterocycles. The molecular formula is C32H36O16. The molecule has 0 aliphatic carbocycles. The Bertz CT molecular complexity index is 1320. The smallest absolute Gasteiger partial charge is 0.339 e. The molecule has 1 atom stereocenters. The van der Waals surface area contributed by atoms with Gasteiger partial charge in [0, 0.05) is 24.3 Å². The maximum atomic E-state index is 11.8. The van der Waals surface area contributed by atoms with E-state index in [1.165, 1.54) is 31.2 Å². The molecule has 260 valence electrons. The van der Waals surface area contributed by atoms with E-state index in [0.29, 0.717) is 0 Å². The summed E-state index contributed by atoms with van der Waals surface area (Å²) in [5.41, 5.74) is -1.65. The lowest BCUT2D eigenvalue weighted by atomic mass is 9.92. The van der Waals surface area contributed by atoms with Crippen molar-refractivity contribution >= 4 is 47.8 Å². The molecule has 1 aromatic rings. The van der Waals surface area contributed by atoms with E-state index in [-0.39, 0.29) is 17.7 Å². The van der Waals surface area contributed by atoms with Crippen LogP contribution in [0.3, 0.4) is 0 Å².